The highest BCUT2D eigenvalue weighted by Crippen LogP contribution is 2.41. The molecule has 0 unspecified atom stereocenters. The number of hydrogen-bond donors (Lipinski definition) is 1. The van der Waals surface area contributed by atoms with Crippen molar-refractivity contribution in [2.75, 3.05) is 11.8 Å². The molecule has 2 aliphatic carbocycles. The van der Waals surface area contributed by atoms with Crippen molar-refractivity contribution in [3.63, 3.8) is 0 Å². The summed E-state index contributed by atoms with van der Waals surface area (Å²) in [6, 6.07) is 8.64. The van der Waals surface area contributed by atoms with Crippen LogP contribution in [0.1, 0.15) is 25.7 Å². The number of nitrogens with one attached hydrogen (secondary N) is 1. The number of alkyl halides is 1. The third kappa shape index (κ3) is 3.84. The molecule has 0 saturated heterocycles. The van der Waals surface area contributed by atoms with E-state index in [0.29, 0.717) is 22.4 Å². The van der Waals surface area contributed by atoms with Crippen molar-refractivity contribution in [1.82, 2.24) is 9.72 Å². The Morgan fingerprint density at radius 1 is 1.21 bits per heavy atom. The van der Waals surface area contributed by atoms with E-state index in [1.165, 1.54) is 48.3 Å². The first kappa shape index (κ1) is 21.4. The minimum atomic E-state index is -3.93. The molecular formula is C23H22FN3O5S. The third-order valence-electron chi connectivity index (χ3n) is 6.24. The fraction of sp³-hybridized carbons (Fsp3) is 0.304. The van der Waals surface area contributed by atoms with Crippen molar-refractivity contribution in [2.45, 2.75) is 36.8 Å². The second kappa shape index (κ2) is 8.18. The van der Waals surface area contributed by atoms with E-state index in [2.05, 4.69) is 14.4 Å². The van der Waals surface area contributed by atoms with Gasteiger partial charge >= 0.3 is 0 Å². The molecule has 0 spiro atoms. The summed E-state index contributed by atoms with van der Waals surface area (Å²) >= 11 is 0. The maximum absolute atomic E-state index is 15.1. The lowest BCUT2D eigenvalue weighted by Crippen LogP contribution is -2.28. The van der Waals surface area contributed by atoms with E-state index < -0.39 is 16.2 Å². The van der Waals surface area contributed by atoms with E-state index in [-0.39, 0.29) is 28.6 Å². The first-order valence-electron chi connectivity index (χ1n) is 10.6. The highest BCUT2D eigenvalue weighted by atomic mass is 32.2. The molecule has 33 heavy (non-hydrogen) atoms. The van der Waals surface area contributed by atoms with E-state index in [9.17, 15) is 13.2 Å². The minimum absolute atomic E-state index is 0.0108. The summed E-state index contributed by atoms with van der Waals surface area (Å²) in [5, 5.41) is 4.06. The molecule has 2 aromatic heterocycles. The maximum Gasteiger partial charge on any atom is 0.263 e. The highest BCUT2D eigenvalue weighted by molar-refractivity contribution is 7.92. The van der Waals surface area contributed by atoms with Crippen LogP contribution in [0.2, 0.25) is 0 Å². The topological polar surface area (TPSA) is 103 Å². The summed E-state index contributed by atoms with van der Waals surface area (Å²) in [5.74, 6) is 0.728. The van der Waals surface area contributed by atoms with Crippen LogP contribution in [0, 0.1) is 5.92 Å². The molecular weight excluding hydrogens is 449 g/mol. The smallest absolute Gasteiger partial charge is 0.263 e. The maximum atomic E-state index is 15.1. The summed E-state index contributed by atoms with van der Waals surface area (Å²) in [4.78, 5) is 12.8. The van der Waals surface area contributed by atoms with Crippen LogP contribution in [0.4, 0.5) is 10.2 Å². The Morgan fingerprint density at radius 3 is 2.70 bits per heavy atom. The van der Waals surface area contributed by atoms with E-state index >= 15 is 4.39 Å². The summed E-state index contributed by atoms with van der Waals surface area (Å²) in [6.45, 7) is 0. The number of rotatable bonds is 6. The van der Waals surface area contributed by atoms with Crippen molar-refractivity contribution >= 4 is 32.4 Å². The van der Waals surface area contributed by atoms with Crippen LogP contribution in [0.5, 0.6) is 0 Å². The summed E-state index contributed by atoms with van der Waals surface area (Å²) in [6.07, 6.45) is 4.81. The Hall–Kier alpha value is -3.40. The number of halogens is 1. The zero-order valence-corrected chi connectivity index (χ0v) is 18.6. The lowest BCUT2D eigenvalue weighted by molar-refractivity contribution is 0.264. The van der Waals surface area contributed by atoms with Gasteiger partial charge in [-0.25, -0.2) is 12.8 Å². The molecule has 0 radical (unpaired) electrons. The van der Waals surface area contributed by atoms with E-state index in [0.717, 1.165) is 24.8 Å². The molecule has 3 aromatic rings. The van der Waals surface area contributed by atoms with Crippen molar-refractivity contribution < 1.29 is 22.1 Å². The number of pyridine rings is 1. The Balaban J connectivity index is 1.60. The zero-order valence-electron chi connectivity index (χ0n) is 17.8. The molecule has 8 nitrogen and oxygen atoms in total. The lowest BCUT2D eigenvalue weighted by atomic mass is 9.75. The fourth-order valence-corrected chi connectivity index (χ4v) is 5.37. The van der Waals surface area contributed by atoms with E-state index in [4.69, 9.17) is 4.74 Å². The molecule has 5 rings (SSSR count). The van der Waals surface area contributed by atoms with Gasteiger partial charge in [0.2, 0.25) is 0 Å². The number of ether oxygens (including phenoxy) is 1. The van der Waals surface area contributed by atoms with Crippen LogP contribution >= 0.6 is 0 Å². The average Bonchev–Trinajstić information content (AvgIpc) is 3.25. The lowest BCUT2D eigenvalue weighted by Gasteiger charge is -2.33. The highest BCUT2D eigenvalue weighted by Gasteiger charge is 2.33. The van der Waals surface area contributed by atoms with Gasteiger partial charge in [0, 0.05) is 23.9 Å². The Labute approximate surface area is 189 Å². The van der Waals surface area contributed by atoms with Gasteiger partial charge in [0.25, 0.3) is 15.6 Å². The monoisotopic (exact) mass is 471 g/mol. The van der Waals surface area contributed by atoms with Crippen LogP contribution in [0.15, 0.2) is 74.3 Å². The van der Waals surface area contributed by atoms with Gasteiger partial charge < -0.3 is 9.26 Å². The molecule has 1 fully saturated rings. The largest absolute Gasteiger partial charge is 0.495 e. The van der Waals surface area contributed by atoms with Gasteiger partial charge in [0.05, 0.1) is 23.2 Å². The predicted octanol–water partition coefficient (Wildman–Crippen LogP) is 4.07. The fourth-order valence-electron chi connectivity index (χ4n) is 4.34. The van der Waals surface area contributed by atoms with E-state index in [1.807, 2.05) is 0 Å². The molecule has 1 saturated carbocycles. The Bertz CT molecular complexity index is 1440. The van der Waals surface area contributed by atoms with Gasteiger partial charge in [0.15, 0.2) is 5.82 Å². The molecule has 172 valence electrons. The standard InChI is InChI=1S/C23H22FN3O5S/c1-31-21-12-17(14-3-2-4-14)18(24)13-20(21)27-19-7-6-16(11-15(19)5-8-23(27)28)33(29,30)26-22-9-10-32-25-22/h5-12,14,18H,2-4,13H2,1H3,(H,25,26)/t18-/m1/s1. The van der Waals surface area contributed by atoms with Gasteiger partial charge in [-0.15, -0.1) is 0 Å². The SMILES string of the molecule is COC1=C(n2c(=O)ccc3cc(S(=O)(=O)Nc4ccon4)ccc32)C[C@@H](F)C(C2CCC2)=C1. The molecule has 0 aliphatic heterocycles. The number of methoxy groups -OCH3 is 1. The van der Waals surface area contributed by atoms with Gasteiger partial charge in [-0.1, -0.05) is 11.6 Å². The quantitative estimate of drug-likeness (QED) is 0.581. The van der Waals surface area contributed by atoms with Crippen molar-refractivity contribution in [3.8, 4) is 0 Å². The number of fused-ring (bicyclic) bond motifs is 1. The van der Waals surface area contributed by atoms with Crippen LogP contribution in [-0.4, -0.2) is 31.4 Å². The molecule has 0 amide bonds. The number of hydrogen-bond acceptors (Lipinski definition) is 6. The third-order valence-corrected chi connectivity index (χ3v) is 7.59. The number of allylic oxidation sites excluding steroid dienone is 3. The van der Waals surface area contributed by atoms with Crippen molar-refractivity contribution in [2.24, 2.45) is 5.92 Å². The van der Waals surface area contributed by atoms with Gasteiger partial charge in [-0.05, 0) is 54.7 Å². The zero-order chi connectivity index (χ0) is 23.2. The second-order valence-electron chi connectivity index (χ2n) is 8.18. The van der Waals surface area contributed by atoms with Crippen LogP contribution in [0.3, 0.4) is 0 Å². The molecule has 2 heterocycles. The molecule has 0 bridgehead atoms. The summed E-state index contributed by atoms with van der Waals surface area (Å²) < 4.78 is 54.5. The molecule has 1 aromatic carbocycles. The normalized spacial score (nSPS) is 19.3. The predicted molar refractivity (Wildman–Crippen MR) is 121 cm³/mol. The second-order valence-corrected chi connectivity index (χ2v) is 9.86. The summed E-state index contributed by atoms with van der Waals surface area (Å²) in [5.41, 5.74) is 1.25. The Morgan fingerprint density at radius 2 is 2.03 bits per heavy atom. The number of aromatic nitrogens is 2. The van der Waals surface area contributed by atoms with Crippen LogP contribution in [0.25, 0.3) is 16.6 Å². The number of anilines is 1. The molecule has 10 heteroatoms. The van der Waals surface area contributed by atoms with Gasteiger partial charge in [0.1, 0.15) is 18.2 Å². The molecule has 1 atom stereocenters. The summed E-state index contributed by atoms with van der Waals surface area (Å²) in [7, 11) is -2.43. The number of nitrogens with zero attached hydrogens (tertiary/aromatic N) is 2. The van der Waals surface area contributed by atoms with E-state index in [1.54, 1.807) is 12.1 Å². The molecule has 1 N–H and O–H groups in total. The van der Waals surface area contributed by atoms with Crippen molar-refractivity contribution in [3.05, 3.63) is 70.4 Å². The van der Waals surface area contributed by atoms with Gasteiger partial charge in [-0.3, -0.25) is 14.1 Å². The van der Waals surface area contributed by atoms with Gasteiger partial charge in [-0.2, -0.15) is 0 Å². The Kier molecular flexibility index (Phi) is 5.32. The first-order valence-corrected chi connectivity index (χ1v) is 12.1. The first-order chi connectivity index (χ1) is 15.9. The number of sulfonamides is 1. The van der Waals surface area contributed by atoms with Crippen LogP contribution in [-0.2, 0) is 14.8 Å². The molecule has 2 aliphatic rings. The van der Waals surface area contributed by atoms with Crippen LogP contribution < -0.4 is 10.3 Å². The van der Waals surface area contributed by atoms with Crippen molar-refractivity contribution in [1.29, 1.82) is 0 Å². The number of benzene rings is 1. The minimum Gasteiger partial charge on any atom is -0.495 e. The average molecular weight is 472 g/mol.